The van der Waals surface area contributed by atoms with E-state index in [1.807, 2.05) is 44.2 Å². The van der Waals surface area contributed by atoms with E-state index in [1.165, 1.54) is 9.47 Å². The van der Waals surface area contributed by atoms with Crippen LogP contribution in [0.15, 0.2) is 64.2 Å². The lowest BCUT2D eigenvalue weighted by molar-refractivity contribution is -0.117. The molecule has 0 bridgehead atoms. The zero-order valence-electron chi connectivity index (χ0n) is 18.0. The van der Waals surface area contributed by atoms with Gasteiger partial charge in [-0.1, -0.05) is 61.8 Å². The molecule has 32 heavy (non-hydrogen) atoms. The fourth-order valence-electron chi connectivity index (χ4n) is 3.32. The number of aromatic nitrogens is 2. The van der Waals surface area contributed by atoms with Gasteiger partial charge in [-0.25, -0.2) is 4.79 Å². The molecule has 0 fully saturated rings. The average Bonchev–Trinajstić information content (AvgIpc) is 2.74. The van der Waals surface area contributed by atoms with Crippen molar-refractivity contribution in [3.63, 3.8) is 0 Å². The van der Waals surface area contributed by atoms with Crippen molar-refractivity contribution in [2.75, 3.05) is 29.0 Å². The largest absolute Gasteiger partial charge is 0.383 e. The zero-order valence-corrected chi connectivity index (χ0v) is 18.7. The van der Waals surface area contributed by atoms with Crippen molar-refractivity contribution in [3.05, 3.63) is 86.0 Å². The van der Waals surface area contributed by atoms with E-state index in [0.717, 1.165) is 5.56 Å². The number of carbonyl (C=O) groups is 1. The van der Waals surface area contributed by atoms with Gasteiger partial charge in [-0.05, 0) is 29.7 Å². The summed E-state index contributed by atoms with van der Waals surface area (Å²) in [5.74, 6) is -0.362. The molecular formula is C23H26ClN5O3. The van der Waals surface area contributed by atoms with Crippen molar-refractivity contribution in [1.82, 2.24) is 9.55 Å². The van der Waals surface area contributed by atoms with Crippen LogP contribution in [-0.4, -0.2) is 28.5 Å². The number of amides is 1. The quantitative estimate of drug-likeness (QED) is 0.483. The second-order valence-electron chi connectivity index (χ2n) is 7.83. The van der Waals surface area contributed by atoms with E-state index in [4.69, 9.17) is 17.3 Å². The third-order valence-corrected chi connectivity index (χ3v) is 5.02. The number of nitrogens with one attached hydrogen (secondary N) is 2. The van der Waals surface area contributed by atoms with Crippen LogP contribution < -0.4 is 27.2 Å². The number of benzene rings is 2. The molecule has 2 aromatic carbocycles. The van der Waals surface area contributed by atoms with Crippen LogP contribution in [0, 0.1) is 5.92 Å². The first-order valence-electron chi connectivity index (χ1n) is 10.2. The number of H-pyrrole nitrogens is 1. The third-order valence-electron chi connectivity index (χ3n) is 4.78. The SMILES string of the molecule is CC(C)CN(C(=O)CNc1cccc(Cl)c1)c1c(N)n(Cc2ccccc2)c(=O)[nH]c1=O. The maximum Gasteiger partial charge on any atom is 0.330 e. The number of nitrogens with two attached hydrogens (primary N) is 1. The summed E-state index contributed by atoms with van der Waals surface area (Å²) in [6.45, 7) is 4.19. The molecule has 0 unspecified atom stereocenters. The molecule has 0 atom stereocenters. The lowest BCUT2D eigenvalue weighted by atomic mass is 10.2. The summed E-state index contributed by atoms with van der Waals surface area (Å²) >= 11 is 6.00. The predicted octanol–water partition coefficient (Wildman–Crippen LogP) is 2.92. The minimum absolute atomic E-state index is 0.0351. The molecular weight excluding hydrogens is 430 g/mol. The first kappa shape index (κ1) is 23.1. The molecule has 1 aromatic heterocycles. The Hall–Kier alpha value is -3.52. The van der Waals surface area contributed by atoms with Crippen LogP contribution >= 0.6 is 11.6 Å². The number of hydrogen-bond donors (Lipinski definition) is 3. The maximum atomic E-state index is 13.1. The van der Waals surface area contributed by atoms with Crippen LogP contribution in [0.1, 0.15) is 19.4 Å². The monoisotopic (exact) mass is 455 g/mol. The fourth-order valence-corrected chi connectivity index (χ4v) is 3.51. The molecule has 0 aliphatic heterocycles. The molecule has 9 heteroatoms. The van der Waals surface area contributed by atoms with Gasteiger partial charge in [0, 0.05) is 17.3 Å². The number of carbonyl (C=O) groups excluding carboxylic acids is 1. The third kappa shape index (κ3) is 5.59. The van der Waals surface area contributed by atoms with Crippen LogP contribution in [0.25, 0.3) is 0 Å². The standard InChI is InChI=1S/C23H26ClN5O3/c1-15(2)13-28(19(30)12-26-18-10-6-9-17(24)11-18)20-21(25)29(23(32)27-22(20)31)14-16-7-4-3-5-8-16/h3-11,15,26H,12-14,25H2,1-2H3,(H,27,31,32). The summed E-state index contributed by atoms with van der Waals surface area (Å²) in [5, 5.41) is 3.55. The summed E-state index contributed by atoms with van der Waals surface area (Å²) < 4.78 is 1.26. The number of aromatic amines is 1. The molecule has 0 radical (unpaired) electrons. The van der Waals surface area contributed by atoms with Crippen molar-refractivity contribution in [2.45, 2.75) is 20.4 Å². The van der Waals surface area contributed by atoms with Gasteiger partial charge in [-0.15, -0.1) is 0 Å². The number of anilines is 3. The van der Waals surface area contributed by atoms with Gasteiger partial charge < -0.3 is 16.0 Å². The van der Waals surface area contributed by atoms with Gasteiger partial charge in [0.2, 0.25) is 5.91 Å². The van der Waals surface area contributed by atoms with Gasteiger partial charge in [0.1, 0.15) is 5.82 Å². The predicted molar refractivity (Wildman–Crippen MR) is 128 cm³/mol. The van der Waals surface area contributed by atoms with Crippen molar-refractivity contribution >= 4 is 34.7 Å². The van der Waals surface area contributed by atoms with Crippen molar-refractivity contribution in [3.8, 4) is 0 Å². The van der Waals surface area contributed by atoms with Gasteiger partial charge >= 0.3 is 5.69 Å². The molecule has 1 amide bonds. The Labute approximate surface area is 190 Å². The van der Waals surface area contributed by atoms with E-state index in [1.54, 1.807) is 24.3 Å². The second kappa shape index (κ2) is 10.2. The molecule has 3 aromatic rings. The maximum absolute atomic E-state index is 13.1. The number of hydrogen-bond acceptors (Lipinski definition) is 5. The fraction of sp³-hybridized carbons (Fsp3) is 0.261. The van der Waals surface area contributed by atoms with Crippen LogP contribution in [0.5, 0.6) is 0 Å². The zero-order chi connectivity index (χ0) is 23.3. The summed E-state index contributed by atoms with van der Waals surface area (Å²) in [7, 11) is 0. The van der Waals surface area contributed by atoms with Gasteiger partial charge in [0.05, 0.1) is 13.1 Å². The highest BCUT2D eigenvalue weighted by atomic mass is 35.5. The van der Waals surface area contributed by atoms with E-state index < -0.39 is 11.2 Å². The Morgan fingerprint density at radius 3 is 2.53 bits per heavy atom. The number of nitrogens with zero attached hydrogens (tertiary/aromatic N) is 2. The van der Waals surface area contributed by atoms with E-state index in [9.17, 15) is 14.4 Å². The molecule has 3 rings (SSSR count). The minimum atomic E-state index is -0.700. The minimum Gasteiger partial charge on any atom is -0.383 e. The first-order chi connectivity index (χ1) is 15.3. The van der Waals surface area contributed by atoms with Crippen LogP contribution in [-0.2, 0) is 11.3 Å². The molecule has 0 saturated carbocycles. The number of halogens is 1. The van der Waals surface area contributed by atoms with E-state index in [-0.39, 0.29) is 43.0 Å². The Morgan fingerprint density at radius 2 is 1.88 bits per heavy atom. The topological polar surface area (TPSA) is 113 Å². The molecule has 0 spiro atoms. The van der Waals surface area contributed by atoms with Crippen molar-refractivity contribution in [2.24, 2.45) is 5.92 Å². The second-order valence-corrected chi connectivity index (χ2v) is 8.26. The van der Waals surface area contributed by atoms with Gasteiger partial charge in [0.25, 0.3) is 5.56 Å². The smallest absolute Gasteiger partial charge is 0.330 e. The summed E-state index contributed by atoms with van der Waals surface area (Å²) in [5.41, 5.74) is 6.43. The molecule has 0 aliphatic carbocycles. The molecule has 168 valence electrons. The van der Waals surface area contributed by atoms with Crippen molar-refractivity contribution in [1.29, 1.82) is 0 Å². The van der Waals surface area contributed by atoms with Crippen LogP contribution in [0.4, 0.5) is 17.2 Å². The molecule has 0 aliphatic rings. The van der Waals surface area contributed by atoms with Gasteiger partial charge in [-0.3, -0.25) is 19.1 Å². The first-order valence-corrected chi connectivity index (χ1v) is 10.6. The van der Waals surface area contributed by atoms with E-state index >= 15 is 0 Å². The Morgan fingerprint density at radius 1 is 1.16 bits per heavy atom. The molecule has 4 N–H and O–H groups in total. The highest BCUT2D eigenvalue weighted by Gasteiger charge is 2.25. The Bertz CT molecular complexity index is 1200. The van der Waals surface area contributed by atoms with E-state index in [2.05, 4.69) is 10.3 Å². The van der Waals surface area contributed by atoms with E-state index in [0.29, 0.717) is 10.7 Å². The molecule has 1 heterocycles. The lowest BCUT2D eigenvalue weighted by Crippen LogP contribution is -2.44. The van der Waals surface area contributed by atoms with Gasteiger partial charge in [-0.2, -0.15) is 0 Å². The Balaban J connectivity index is 1.95. The summed E-state index contributed by atoms with van der Waals surface area (Å²) in [6.07, 6.45) is 0. The number of nitrogen functional groups attached to an aromatic ring is 1. The molecule has 0 saturated heterocycles. The van der Waals surface area contributed by atoms with Gasteiger partial charge in [0.15, 0.2) is 5.69 Å². The Kier molecular flexibility index (Phi) is 7.37. The van der Waals surface area contributed by atoms with Crippen LogP contribution in [0.2, 0.25) is 5.02 Å². The normalized spacial score (nSPS) is 10.9. The highest BCUT2D eigenvalue weighted by Crippen LogP contribution is 2.20. The highest BCUT2D eigenvalue weighted by molar-refractivity contribution is 6.30. The molecule has 8 nitrogen and oxygen atoms in total. The van der Waals surface area contributed by atoms with Crippen molar-refractivity contribution < 1.29 is 4.79 Å². The lowest BCUT2D eigenvalue weighted by Gasteiger charge is -2.26. The summed E-state index contributed by atoms with van der Waals surface area (Å²) in [4.78, 5) is 42.0. The van der Waals surface area contributed by atoms with Crippen LogP contribution in [0.3, 0.4) is 0 Å². The summed E-state index contributed by atoms with van der Waals surface area (Å²) in [6, 6.07) is 16.2. The number of rotatable bonds is 8. The average molecular weight is 456 g/mol.